The van der Waals surface area contributed by atoms with E-state index >= 15 is 0 Å². The van der Waals surface area contributed by atoms with E-state index < -0.39 is 0 Å². The Morgan fingerprint density at radius 3 is 2.82 bits per heavy atom. The second kappa shape index (κ2) is 7.09. The lowest BCUT2D eigenvalue weighted by atomic mass is 10.2. The van der Waals surface area contributed by atoms with Crippen molar-refractivity contribution >= 4 is 5.91 Å². The Hall–Kier alpha value is -1.33. The van der Waals surface area contributed by atoms with Crippen LogP contribution in [0.5, 0.6) is 0 Å². The van der Waals surface area contributed by atoms with Crippen LogP contribution >= 0.6 is 0 Å². The minimum absolute atomic E-state index is 0.0350. The van der Waals surface area contributed by atoms with Gasteiger partial charge in [-0.1, -0.05) is 0 Å². The maximum absolute atomic E-state index is 11.7. The van der Waals surface area contributed by atoms with E-state index in [0.717, 1.165) is 17.7 Å². The summed E-state index contributed by atoms with van der Waals surface area (Å²) in [5, 5.41) is 11.3. The first-order valence-electron chi connectivity index (χ1n) is 5.78. The van der Waals surface area contributed by atoms with E-state index in [2.05, 4.69) is 10.3 Å². The average Bonchev–Trinajstić information content (AvgIpc) is 2.62. The zero-order valence-electron chi connectivity index (χ0n) is 10.4. The van der Waals surface area contributed by atoms with E-state index in [1.165, 1.54) is 0 Å². The third-order valence-corrected chi connectivity index (χ3v) is 2.36. The van der Waals surface area contributed by atoms with Crippen molar-refractivity contribution in [1.29, 1.82) is 0 Å². The maximum Gasteiger partial charge on any atom is 0.267 e. The molecule has 1 aromatic rings. The molecule has 0 atom stereocenters. The molecule has 3 N–H and O–H groups in total. The minimum atomic E-state index is -0.0854. The number of aryl methyl sites for hydroxylation is 2. The van der Waals surface area contributed by atoms with Gasteiger partial charge in [-0.2, -0.15) is 0 Å². The molecular formula is C12H20N2O3. The Morgan fingerprint density at radius 2 is 2.24 bits per heavy atom. The van der Waals surface area contributed by atoms with Crippen LogP contribution in [0.15, 0.2) is 6.07 Å². The predicted octanol–water partition coefficient (Wildman–Crippen LogP) is 0.760. The topological polar surface area (TPSA) is 74.3 Å². The van der Waals surface area contributed by atoms with E-state index in [4.69, 9.17) is 9.84 Å². The number of aromatic amines is 1. The molecule has 0 aliphatic carbocycles. The summed E-state index contributed by atoms with van der Waals surface area (Å²) in [6, 6.07) is 1.94. The molecule has 96 valence electrons. The highest BCUT2D eigenvalue weighted by atomic mass is 16.5. The minimum Gasteiger partial charge on any atom is -0.394 e. The quantitative estimate of drug-likeness (QED) is 0.616. The van der Waals surface area contributed by atoms with Gasteiger partial charge in [-0.15, -0.1) is 0 Å². The number of hydrogen-bond acceptors (Lipinski definition) is 3. The Kier molecular flexibility index (Phi) is 5.72. The van der Waals surface area contributed by atoms with Gasteiger partial charge in [0.15, 0.2) is 0 Å². The van der Waals surface area contributed by atoms with Gasteiger partial charge in [0.1, 0.15) is 5.69 Å². The van der Waals surface area contributed by atoms with E-state index in [1.54, 1.807) is 0 Å². The Bertz CT molecular complexity index is 361. The van der Waals surface area contributed by atoms with Crippen LogP contribution in [0.4, 0.5) is 0 Å². The summed E-state index contributed by atoms with van der Waals surface area (Å²) in [5.74, 6) is -0.0854. The van der Waals surface area contributed by atoms with Crippen molar-refractivity contribution in [3.63, 3.8) is 0 Å². The van der Waals surface area contributed by atoms with Gasteiger partial charge in [0, 0.05) is 18.8 Å². The van der Waals surface area contributed by atoms with Gasteiger partial charge in [0.05, 0.1) is 13.2 Å². The number of H-pyrrole nitrogens is 1. The predicted molar refractivity (Wildman–Crippen MR) is 65.1 cm³/mol. The summed E-state index contributed by atoms with van der Waals surface area (Å²) in [7, 11) is 0. The summed E-state index contributed by atoms with van der Waals surface area (Å²) < 4.78 is 5.09. The van der Waals surface area contributed by atoms with Crippen LogP contribution in [-0.4, -0.2) is 42.4 Å². The van der Waals surface area contributed by atoms with E-state index in [1.807, 2.05) is 19.9 Å². The zero-order valence-corrected chi connectivity index (χ0v) is 10.4. The van der Waals surface area contributed by atoms with Gasteiger partial charge in [0.25, 0.3) is 5.91 Å². The van der Waals surface area contributed by atoms with Crippen LogP contribution in [0.25, 0.3) is 0 Å². The standard InChI is InChI=1S/C12H20N2O3/c1-9-8-10(2)14-11(9)12(16)13-4-3-6-17-7-5-15/h8,14-15H,3-7H2,1-2H3,(H,13,16). The zero-order chi connectivity index (χ0) is 12.7. The van der Waals surface area contributed by atoms with Crippen LogP contribution in [-0.2, 0) is 4.74 Å². The van der Waals surface area contributed by atoms with Crippen molar-refractivity contribution in [2.24, 2.45) is 0 Å². The molecule has 0 unspecified atom stereocenters. The molecule has 5 nitrogen and oxygen atoms in total. The molecule has 0 aliphatic rings. The van der Waals surface area contributed by atoms with E-state index in [-0.39, 0.29) is 12.5 Å². The van der Waals surface area contributed by atoms with Gasteiger partial charge in [0.2, 0.25) is 0 Å². The fourth-order valence-electron chi connectivity index (χ4n) is 1.60. The first-order valence-corrected chi connectivity index (χ1v) is 5.78. The number of aliphatic hydroxyl groups excluding tert-OH is 1. The van der Waals surface area contributed by atoms with Crippen molar-refractivity contribution in [1.82, 2.24) is 10.3 Å². The van der Waals surface area contributed by atoms with Crippen molar-refractivity contribution in [3.05, 3.63) is 23.0 Å². The van der Waals surface area contributed by atoms with Gasteiger partial charge in [-0.05, 0) is 31.9 Å². The lowest BCUT2D eigenvalue weighted by Crippen LogP contribution is -2.26. The molecule has 1 rings (SSSR count). The molecule has 1 aromatic heterocycles. The molecule has 0 aromatic carbocycles. The lowest BCUT2D eigenvalue weighted by molar-refractivity contribution is 0.0865. The number of aliphatic hydroxyl groups is 1. The first kappa shape index (κ1) is 13.7. The Balaban J connectivity index is 2.23. The number of nitrogens with one attached hydrogen (secondary N) is 2. The van der Waals surface area contributed by atoms with Crippen LogP contribution in [0.2, 0.25) is 0 Å². The highest BCUT2D eigenvalue weighted by Crippen LogP contribution is 2.08. The van der Waals surface area contributed by atoms with Gasteiger partial charge < -0.3 is 20.1 Å². The molecule has 0 radical (unpaired) electrons. The smallest absolute Gasteiger partial charge is 0.267 e. The number of hydrogen-bond donors (Lipinski definition) is 3. The second-order valence-electron chi connectivity index (χ2n) is 3.96. The molecule has 17 heavy (non-hydrogen) atoms. The van der Waals surface area contributed by atoms with E-state index in [9.17, 15) is 4.79 Å². The van der Waals surface area contributed by atoms with Crippen LogP contribution < -0.4 is 5.32 Å². The largest absolute Gasteiger partial charge is 0.394 e. The molecule has 0 spiro atoms. The number of aromatic nitrogens is 1. The molecule has 1 amide bonds. The molecule has 0 bridgehead atoms. The van der Waals surface area contributed by atoms with Crippen LogP contribution in [0.3, 0.4) is 0 Å². The Labute approximate surface area is 101 Å². The summed E-state index contributed by atoms with van der Waals surface area (Å²) in [4.78, 5) is 14.8. The second-order valence-corrected chi connectivity index (χ2v) is 3.96. The summed E-state index contributed by atoms with van der Waals surface area (Å²) in [6.45, 7) is 5.33. The molecule has 0 saturated carbocycles. The average molecular weight is 240 g/mol. The summed E-state index contributed by atoms with van der Waals surface area (Å²) in [6.07, 6.45) is 0.741. The third-order valence-electron chi connectivity index (χ3n) is 2.36. The first-order chi connectivity index (χ1) is 8.15. The van der Waals surface area contributed by atoms with Gasteiger partial charge in [-0.25, -0.2) is 0 Å². The number of carbonyl (C=O) groups excluding carboxylic acids is 1. The number of amides is 1. The molecule has 1 heterocycles. The number of rotatable bonds is 7. The highest BCUT2D eigenvalue weighted by molar-refractivity contribution is 5.93. The number of ether oxygens (including phenoxy) is 1. The van der Waals surface area contributed by atoms with Gasteiger partial charge in [-0.3, -0.25) is 4.79 Å². The normalized spacial score (nSPS) is 10.5. The SMILES string of the molecule is Cc1cc(C)c(C(=O)NCCCOCCO)[nH]1. The van der Waals surface area contributed by atoms with Gasteiger partial charge >= 0.3 is 0 Å². The van der Waals surface area contributed by atoms with Crippen molar-refractivity contribution in [2.45, 2.75) is 20.3 Å². The fraction of sp³-hybridized carbons (Fsp3) is 0.583. The fourth-order valence-corrected chi connectivity index (χ4v) is 1.60. The van der Waals surface area contributed by atoms with Crippen molar-refractivity contribution in [3.8, 4) is 0 Å². The summed E-state index contributed by atoms with van der Waals surface area (Å²) in [5.41, 5.74) is 2.56. The highest BCUT2D eigenvalue weighted by Gasteiger charge is 2.10. The molecular weight excluding hydrogens is 220 g/mol. The molecule has 5 heteroatoms. The van der Waals surface area contributed by atoms with E-state index in [0.29, 0.717) is 25.5 Å². The maximum atomic E-state index is 11.7. The molecule has 0 fully saturated rings. The third kappa shape index (κ3) is 4.58. The van der Waals surface area contributed by atoms with Crippen molar-refractivity contribution in [2.75, 3.05) is 26.4 Å². The Morgan fingerprint density at radius 1 is 1.47 bits per heavy atom. The number of carbonyl (C=O) groups is 1. The monoisotopic (exact) mass is 240 g/mol. The molecule has 0 saturated heterocycles. The lowest BCUT2D eigenvalue weighted by Gasteiger charge is -2.05. The van der Waals surface area contributed by atoms with Crippen molar-refractivity contribution < 1.29 is 14.6 Å². The van der Waals surface area contributed by atoms with Crippen LogP contribution in [0.1, 0.15) is 28.2 Å². The molecule has 0 aliphatic heterocycles. The van der Waals surface area contributed by atoms with Crippen LogP contribution in [0, 0.1) is 13.8 Å². The summed E-state index contributed by atoms with van der Waals surface area (Å²) >= 11 is 0.